The highest BCUT2D eigenvalue weighted by atomic mass is 79.9. The summed E-state index contributed by atoms with van der Waals surface area (Å²) in [6.07, 6.45) is 1.98. The largest absolute Gasteiger partial charge is 0.360 e. The summed E-state index contributed by atoms with van der Waals surface area (Å²) in [6, 6.07) is 0. The van der Waals surface area contributed by atoms with E-state index < -0.39 is 0 Å². The van der Waals surface area contributed by atoms with Gasteiger partial charge in [0.25, 0.3) is 5.56 Å². The molecule has 1 aromatic rings. The zero-order valence-corrected chi connectivity index (χ0v) is 10.0. The number of rotatable bonds is 0. The van der Waals surface area contributed by atoms with Crippen molar-refractivity contribution < 1.29 is 0 Å². The quantitative estimate of drug-likeness (QED) is 0.750. The van der Waals surface area contributed by atoms with Crippen molar-refractivity contribution in [3.05, 3.63) is 25.3 Å². The first-order valence-electron chi connectivity index (χ1n) is 4.85. The first kappa shape index (κ1) is 10.5. The number of aromatic nitrogens is 2. The van der Waals surface area contributed by atoms with E-state index >= 15 is 0 Å². The van der Waals surface area contributed by atoms with Gasteiger partial charge >= 0.3 is 5.69 Å². The molecule has 0 fully saturated rings. The lowest BCUT2D eigenvalue weighted by Gasteiger charge is -2.20. The molecule has 1 N–H and O–H groups in total. The Hall–Kier alpha value is -1.04. The van der Waals surface area contributed by atoms with Gasteiger partial charge in [0.2, 0.25) is 0 Å². The van der Waals surface area contributed by atoms with E-state index in [0.29, 0.717) is 16.8 Å². The molecule has 0 saturated heterocycles. The Kier molecular flexibility index (Phi) is 2.68. The standard InChI is InChI=1S/C9H12BrN3O2/c1-12-4-2-3-5-13-8(12)6(10)7(14)11-9(13)15/h2-5H2,1H3,(H,11,14,15). The maximum Gasteiger partial charge on any atom is 0.329 e. The minimum absolute atomic E-state index is 0.327. The molecule has 82 valence electrons. The second-order valence-electron chi connectivity index (χ2n) is 3.68. The molecule has 0 amide bonds. The maximum absolute atomic E-state index is 11.6. The van der Waals surface area contributed by atoms with Gasteiger partial charge in [-0.25, -0.2) is 4.79 Å². The van der Waals surface area contributed by atoms with Crippen LogP contribution in [-0.2, 0) is 6.54 Å². The van der Waals surface area contributed by atoms with Crippen LogP contribution in [0.1, 0.15) is 12.8 Å². The lowest BCUT2D eigenvalue weighted by Crippen LogP contribution is -2.34. The normalized spacial score (nSPS) is 16.0. The van der Waals surface area contributed by atoms with E-state index in [1.807, 2.05) is 11.9 Å². The Balaban J connectivity index is 2.75. The minimum Gasteiger partial charge on any atom is -0.360 e. The number of anilines is 1. The molecular formula is C9H12BrN3O2. The Morgan fingerprint density at radius 2 is 1.93 bits per heavy atom. The highest BCUT2D eigenvalue weighted by Crippen LogP contribution is 2.22. The molecule has 0 unspecified atom stereocenters. The van der Waals surface area contributed by atoms with E-state index in [1.165, 1.54) is 0 Å². The molecule has 0 aliphatic carbocycles. The van der Waals surface area contributed by atoms with Crippen molar-refractivity contribution in [2.75, 3.05) is 18.5 Å². The van der Waals surface area contributed by atoms with Gasteiger partial charge in [0.1, 0.15) is 10.3 Å². The van der Waals surface area contributed by atoms with Gasteiger partial charge in [-0.3, -0.25) is 14.3 Å². The SMILES string of the molecule is CN1CCCCn2c1c(Br)c(=O)[nH]c2=O. The molecule has 6 heteroatoms. The number of fused-ring (bicyclic) bond motifs is 1. The third-order valence-corrected chi connectivity index (χ3v) is 3.32. The molecule has 0 saturated carbocycles. The van der Waals surface area contributed by atoms with Crippen LogP contribution in [0.2, 0.25) is 0 Å². The van der Waals surface area contributed by atoms with Gasteiger partial charge in [0.15, 0.2) is 0 Å². The van der Waals surface area contributed by atoms with Crippen LogP contribution in [0.25, 0.3) is 0 Å². The van der Waals surface area contributed by atoms with Crippen molar-refractivity contribution in [1.29, 1.82) is 0 Å². The number of halogens is 1. The van der Waals surface area contributed by atoms with Crippen molar-refractivity contribution >= 4 is 21.7 Å². The fourth-order valence-corrected chi connectivity index (χ4v) is 2.46. The van der Waals surface area contributed by atoms with Crippen LogP contribution in [0.3, 0.4) is 0 Å². The van der Waals surface area contributed by atoms with Crippen LogP contribution < -0.4 is 16.1 Å². The predicted molar refractivity (Wildman–Crippen MR) is 61.5 cm³/mol. The number of nitrogens with zero attached hydrogens (tertiary/aromatic N) is 2. The molecule has 1 aliphatic rings. The predicted octanol–water partition coefficient (Wildman–Crippen LogP) is 0.529. The first-order valence-corrected chi connectivity index (χ1v) is 5.64. The van der Waals surface area contributed by atoms with E-state index in [9.17, 15) is 9.59 Å². The van der Waals surface area contributed by atoms with E-state index in [1.54, 1.807) is 4.57 Å². The Bertz CT molecular complexity index is 491. The second-order valence-corrected chi connectivity index (χ2v) is 4.47. The van der Waals surface area contributed by atoms with Gasteiger partial charge in [0, 0.05) is 20.1 Å². The zero-order valence-electron chi connectivity index (χ0n) is 8.42. The highest BCUT2D eigenvalue weighted by Gasteiger charge is 2.18. The molecule has 1 aliphatic heterocycles. The Labute approximate surface area is 94.8 Å². The zero-order chi connectivity index (χ0) is 11.0. The van der Waals surface area contributed by atoms with Crippen LogP contribution in [0, 0.1) is 0 Å². The third-order valence-electron chi connectivity index (χ3n) is 2.60. The topological polar surface area (TPSA) is 58.1 Å². The van der Waals surface area contributed by atoms with Gasteiger partial charge in [-0.1, -0.05) is 0 Å². The molecule has 0 spiro atoms. The van der Waals surface area contributed by atoms with Gasteiger partial charge in [-0.15, -0.1) is 0 Å². The van der Waals surface area contributed by atoms with Gasteiger partial charge < -0.3 is 4.90 Å². The molecule has 15 heavy (non-hydrogen) atoms. The lowest BCUT2D eigenvalue weighted by molar-refractivity contribution is 0.620. The molecule has 5 nitrogen and oxygen atoms in total. The molecule has 2 rings (SSSR count). The number of aromatic amines is 1. The number of hydrogen-bond donors (Lipinski definition) is 1. The average molecular weight is 274 g/mol. The van der Waals surface area contributed by atoms with Crippen molar-refractivity contribution in [2.24, 2.45) is 0 Å². The molecular weight excluding hydrogens is 262 g/mol. The first-order chi connectivity index (χ1) is 7.11. The monoisotopic (exact) mass is 273 g/mol. The van der Waals surface area contributed by atoms with E-state index in [4.69, 9.17) is 0 Å². The van der Waals surface area contributed by atoms with Crippen LogP contribution >= 0.6 is 15.9 Å². The number of hydrogen-bond acceptors (Lipinski definition) is 3. The van der Waals surface area contributed by atoms with E-state index in [2.05, 4.69) is 20.9 Å². The van der Waals surface area contributed by atoms with Crippen molar-refractivity contribution in [3.63, 3.8) is 0 Å². The fourth-order valence-electron chi connectivity index (χ4n) is 1.84. The summed E-state index contributed by atoms with van der Waals surface area (Å²) in [4.78, 5) is 27.3. The summed E-state index contributed by atoms with van der Waals surface area (Å²) >= 11 is 3.23. The minimum atomic E-state index is -0.361. The summed E-state index contributed by atoms with van der Waals surface area (Å²) in [5.74, 6) is 0.682. The molecule has 0 radical (unpaired) electrons. The lowest BCUT2D eigenvalue weighted by atomic mass is 10.3. The van der Waals surface area contributed by atoms with E-state index in [-0.39, 0.29) is 11.2 Å². The van der Waals surface area contributed by atoms with Crippen LogP contribution in [0.4, 0.5) is 5.82 Å². The Morgan fingerprint density at radius 1 is 1.27 bits per heavy atom. The summed E-state index contributed by atoms with van der Waals surface area (Å²) < 4.78 is 2.05. The third kappa shape index (κ3) is 1.73. The van der Waals surface area contributed by atoms with E-state index in [0.717, 1.165) is 19.4 Å². The maximum atomic E-state index is 11.6. The van der Waals surface area contributed by atoms with Crippen molar-refractivity contribution in [2.45, 2.75) is 19.4 Å². The summed E-state index contributed by atoms with van der Waals surface area (Å²) in [6.45, 7) is 1.52. The van der Waals surface area contributed by atoms with Crippen LogP contribution in [0.5, 0.6) is 0 Å². The summed E-state index contributed by atoms with van der Waals surface area (Å²) in [5, 5.41) is 0. The number of H-pyrrole nitrogens is 1. The van der Waals surface area contributed by atoms with Crippen molar-refractivity contribution in [1.82, 2.24) is 9.55 Å². The fraction of sp³-hybridized carbons (Fsp3) is 0.556. The average Bonchev–Trinajstić information content (AvgIpc) is 2.37. The Morgan fingerprint density at radius 3 is 2.67 bits per heavy atom. The van der Waals surface area contributed by atoms with Gasteiger partial charge in [-0.05, 0) is 28.8 Å². The molecule has 0 bridgehead atoms. The van der Waals surface area contributed by atoms with Crippen LogP contribution in [0.15, 0.2) is 14.1 Å². The number of nitrogens with one attached hydrogen (secondary N) is 1. The molecule has 0 atom stereocenters. The molecule has 2 heterocycles. The van der Waals surface area contributed by atoms with Crippen molar-refractivity contribution in [3.8, 4) is 0 Å². The van der Waals surface area contributed by atoms with Gasteiger partial charge in [0.05, 0.1) is 0 Å². The molecule has 0 aromatic carbocycles. The highest BCUT2D eigenvalue weighted by molar-refractivity contribution is 9.10. The molecule has 1 aromatic heterocycles. The van der Waals surface area contributed by atoms with Crippen LogP contribution in [-0.4, -0.2) is 23.1 Å². The van der Waals surface area contributed by atoms with Gasteiger partial charge in [-0.2, -0.15) is 0 Å². The smallest absolute Gasteiger partial charge is 0.329 e. The summed E-state index contributed by atoms with van der Waals surface area (Å²) in [5.41, 5.74) is -0.688. The summed E-state index contributed by atoms with van der Waals surface area (Å²) in [7, 11) is 1.89. The second kappa shape index (κ2) is 3.84.